The molecular formula is C12H19NO5. The van der Waals surface area contributed by atoms with Gasteiger partial charge in [-0.3, -0.25) is 9.59 Å². The number of nitrogens with zero attached hydrogens (tertiary/aromatic N) is 1. The van der Waals surface area contributed by atoms with Gasteiger partial charge in [0.05, 0.1) is 13.0 Å². The fourth-order valence-electron chi connectivity index (χ4n) is 1.52. The second-order valence-electron chi connectivity index (χ2n) is 5.30. The summed E-state index contributed by atoms with van der Waals surface area (Å²) in [6.07, 6.45) is -0.659. The second kappa shape index (κ2) is 5.37. The third kappa shape index (κ3) is 4.01. The number of carbonyl (C=O) groups excluding carboxylic acids is 3. The van der Waals surface area contributed by atoms with E-state index in [1.807, 2.05) is 0 Å². The molecule has 1 aliphatic rings. The number of hydrogen-bond acceptors (Lipinski definition) is 5. The van der Waals surface area contributed by atoms with E-state index in [1.165, 1.54) is 12.0 Å². The lowest BCUT2D eigenvalue weighted by molar-refractivity contribution is -0.145. The number of rotatable bonds is 3. The predicted octanol–water partition coefficient (Wildman–Crippen LogP) is 0.985. The quantitative estimate of drug-likeness (QED) is 0.556. The van der Waals surface area contributed by atoms with E-state index >= 15 is 0 Å². The second-order valence-corrected chi connectivity index (χ2v) is 5.30. The Bertz CT molecular complexity index is 352. The van der Waals surface area contributed by atoms with Crippen LogP contribution in [0.5, 0.6) is 0 Å². The number of esters is 1. The minimum atomic E-state index is -0.546. The van der Waals surface area contributed by atoms with Crippen molar-refractivity contribution in [2.24, 2.45) is 5.92 Å². The zero-order valence-electron chi connectivity index (χ0n) is 11.2. The van der Waals surface area contributed by atoms with Gasteiger partial charge in [-0.15, -0.1) is 0 Å². The summed E-state index contributed by atoms with van der Waals surface area (Å²) in [5, 5.41) is 0. The average molecular weight is 257 g/mol. The summed E-state index contributed by atoms with van der Waals surface area (Å²) in [7, 11) is 1.24. The number of amides is 1. The van der Waals surface area contributed by atoms with Gasteiger partial charge in [0.1, 0.15) is 12.0 Å². The number of hydrogen-bond donors (Lipinski definition) is 0. The first-order chi connectivity index (χ1) is 8.23. The first-order valence-electron chi connectivity index (χ1n) is 5.80. The van der Waals surface area contributed by atoms with E-state index in [4.69, 9.17) is 4.74 Å². The lowest BCUT2D eigenvalue weighted by Crippen LogP contribution is -2.54. The molecule has 0 bridgehead atoms. The molecule has 0 atom stereocenters. The Morgan fingerprint density at radius 2 is 1.78 bits per heavy atom. The summed E-state index contributed by atoms with van der Waals surface area (Å²) in [5.74, 6) is -1.02. The maximum Gasteiger partial charge on any atom is 0.410 e. The van der Waals surface area contributed by atoms with Crippen LogP contribution in [0.3, 0.4) is 0 Å². The molecule has 1 rings (SSSR count). The Morgan fingerprint density at radius 1 is 1.22 bits per heavy atom. The van der Waals surface area contributed by atoms with Crippen LogP contribution in [0, 0.1) is 5.92 Å². The van der Waals surface area contributed by atoms with Crippen molar-refractivity contribution in [1.29, 1.82) is 0 Å². The van der Waals surface area contributed by atoms with Crippen molar-refractivity contribution in [3.63, 3.8) is 0 Å². The predicted molar refractivity (Wildman–Crippen MR) is 62.9 cm³/mol. The molecule has 0 unspecified atom stereocenters. The summed E-state index contributed by atoms with van der Waals surface area (Å²) < 4.78 is 9.57. The number of ether oxygens (including phenoxy) is 2. The lowest BCUT2D eigenvalue weighted by atomic mass is 9.94. The van der Waals surface area contributed by atoms with Gasteiger partial charge in [-0.1, -0.05) is 0 Å². The molecule has 102 valence electrons. The van der Waals surface area contributed by atoms with Crippen molar-refractivity contribution in [2.45, 2.75) is 32.8 Å². The summed E-state index contributed by atoms with van der Waals surface area (Å²) in [5.41, 5.74) is -0.543. The molecule has 0 aromatic carbocycles. The van der Waals surface area contributed by atoms with Gasteiger partial charge in [0.15, 0.2) is 5.78 Å². The van der Waals surface area contributed by atoms with Crippen LogP contribution < -0.4 is 0 Å². The van der Waals surface area contributed by atoms with Gasteiger partial charge in [-0.05, 0) is 20.8 Å². The van der Waals surface area contributed by atoms with Crippen LogP contribution in [-0.4, -0.2) is 48.5 Å². The largest absolute Gasteiger partial charge is 0.469 e. The zero-order chi connectivity index (χ0) is 13.9. The van der Waals surface area contributed by atoms with E-state index in [2.05, 4.69) is 4.74 Å². The molecule has 1 aliphatic heterocycles. The topological polar surface area (TPSA) is 72.9 Å². The van der Waals surface area contributed by atoms with Gasteiger partial charge in [0.25, 0.3) is 0 Å². The molecule has 1 fully saturated rings. The number of likely N-dealkylation sites (tertiary alicyclic amines) is 1. The molecule has 0 radical (unpaired) electrons. The molecule has 0 N–H and O–H groups in total. The Morgan fingerprint density at radius 3 is 2.22 bits per heavy atom. The van der Waals surface area contributed by atoms with E-state index < -0.39 is 17.7 Å². The lowest BCUT2D eigenvalue weighted by Gasteiger charge is -2.38. The monoisotopic (exact) mass is 257 g/mol. The Kier molecular flexibility index (Phi) is 4.32. The standard InChI is InChI=1S/C12H19NO5/c1-12(2,3)18-11(16)13-6-8(7-13)9(14)5-10(15)17-4/h8H,5-7H2,1-4H3. The maximum atomic E-state index is 11.6. The molecule has 0 aromatic rings. The van der Waals surface area contributed by atoms with Crippen LogP contribution in [0.2, 0.25) is 0 Å². The fraction of sp³-hybridized carbons (Fsp3) is 0.750. The van der Waals surface area contributed by atoms with Crippen molar-refractivity contribution in [2.75, 3.05) is 20.2 Å². The van der Waals surface area contributed by atoms with E-state index in [0.717, 1.165) is 0 Å². The molecule has 1 heterocycles. The highest BCUT2D eigenvalue weighted by Gasteiger charge is 2.38. The summed E-state index contributed by atoms with van der Waals surface area (Å²) in [6.45, 7) is 5.97. The van der Waals surface area contributed by atoms with Gasteiger partial charge in [-0.2, -0.15) is 0 Å². The normalized spacial score (nSPS) is 15.9. The van der Waals surface area contributed by atoms with Gasteiger partial charge < -0.3 is 14.4 Å². The molecule has 0 saturated carbocycles. The molecule has 1 saturated heterocycles. The van der Waals surface area contributed by atoms with Crippen molar-refractivity contribution < 1.29 is 23.9 Å². The van der Waals surface area contributed by atoms with Gasteiger partial charge in [-0.25, -0.2) is 4.79 Å². The summed E-state index contributed by atoms with van der Waals surface area (Å²) in [4.78, 5) is 35.5. The van der Waals surface area contributed by atoms with Crippen molar-refractivity contribution in [3.8, 4) is 0 Å². The van der Waals surface area contributed by atoms with E-state index in [-0.39, 0.29) is 18.1 Å². The Balaban J connectivity index is 2.33. The minimum Gasteiger partial charge on any atom is -0.469 e. The molecule has 0 aromatic heterocycles. The molecule has 0 aliphatic carbocycles. The van der Waals surface area contributed by atoms with Gasteiger partial charge in [0.2, 0.25) is 0 Å². The number of Topliss-reactive ketones (excluding diaryl/α,β-unsaturated/α-hetero) is 1. The van der Waals surface area contributed by atoms with E-state index in [9.17, 15) is 14.4 Å². The SMILES string of the molecule is COC(=O)CC(=O)C1CN(C(=O)OC(C)(C)C)C1. The average Bonchev–Trinajstić information content (AvgIpc) is 2.11. The third-order valence-corrected chi connectivity index (χ3v) is 2.53. The first-order valence-corrected chi connectivity index (χ1v) is 5.80. The minimum absolute atomic E-state index is 0.193. The van der Waals surface area contributed by atoms with Crippen LogP contribution in [-0.2, 0) is 19.1 Å². The number of ketones is 1. The first kappa shape index (κ1) is 14.5. The molecular weight excluding hydrogens is 238 g/mol. The number of carbonyl (C=O) groups is 3. The Labute approximate surface area is 106 Å². The van der Waals surface area contributed by atoms with Crippen molar-refractivity contribution >= 4 is 17.8 Å². The smallest absolute Gasteiger partial charge is 0.410 e. The van der Waals surface area contributed by atoms with E-state index in [0.29, 0.717) is 13.1 Å². The highest BCUT2D eigenvalue weighted by molar-refractivity contribution is 5.97. The summed E-state index contributed by atoms with van der Waals surface area (Å²) >= 11 is 0. The fourth-order valence-corrected chi connectivity index (χ4v) is 1.52. The molecule has 6 nitrogen and oxygen atoms in total. The van der Waals surface area contributed by atoms with Crippen LogP contribution >= 0.6 is 0 Å². The highest BCUT2D eigenvalue weighted by Crippen LogP contribution is 2.21. The summed E-state index contributed by atoms with van der Waals surface area (Å²) in [6, 6.07) is 0. The molecule has 18 heavy (non-hydrogen) atoms. The Hall–Kier alpha value is -1.59. The highest BCUT2D eigenvalue weighted by atomic mass is 16.6. The molecule has 6 heteroatoms. The molecule has 1 amide bonds. The van der Waals surface area contributed by atoms with Crippen molar-refractivity contribution in [3.05, 3.63) is 0 Å². The molecule has 0 spiro atoms. The van der Waals surface area contributed by atoms with Gasteiger partial charge >= 0.3 is 12.1 Å². The third-order valence-electron chi connectivity index (χ3n) is 2.53. The van der Waals surface area contributed by atoms with Crippen molar-refractivity contribution in [1.82, 2.24) is 4.90 Å². The number of methoxy groups -OCH3 is 1. The van der Waals surface area contributed by atoms with Crippen LogP contribution in [0.4, 0.5) is 4.79 Å². The van der Waals surface area contributed by atoms with Gasteiger partial charge in [0, 0.05) is 13.1 Å². The van der Waals surface area contributed by atoms with Crippen LogP contribution in [0.25, 0.3) is 0 Å². The van der Waals surface area contributed by atoms with Crippen LogP contribution in [0.15, 0.2) is 0 Å². The van der Waals surface area contributed by atoms with Crippen LogP contribution in [0.1, 0.15) is 27.2 Å². The zero-order valence-corrected chi connectivity index (χ0v) is 11.2. The van der Waals surface area contributed by atoms with E-state index in [1.54, 1.807) is 20.8 Å². The maximum absolute atomic E-state index is 11.6.